The largest absolute Gasteiger partial charge is 0.338 e. The number of fused-ring (bicyclic) bond motifs is 1. The molecule has 134 valence electrons. The van der Waals surface area contributed by atoms with Crippen LogP contribution in [0.15, 0.2) is 34.9 Å². The molecule has 3 heterocycles. The van der Waals surface area contributed by atoms with E-state index in [1.54, 1.807) is 11.8 Å². The van der Waals surface area contributed by atoms with Gasteiger partial charge < -0.3 is 4.52 Å². The van der Waals surface area contributed by atoms with Crippen LogP contribution in [0.3, 0.4) is 0 Å². The van der Waals surface area contributed by atoms with Crippen molar-refractivity contribution in [3.8, 4) is 5.69 Å². The Kier molecular flexibility index (Phi) is 4.55. The molecular formula is C19H20N4O2S. The van der Waals surface area contributed by atoms with E-state index < -0.39 is 0 Å². The molecule has 6 nitrogen and oxygen atoms in total. The minimum Gasteiger partial charge on any atom is -0.338 e. The summed E-state index contributed by atoms with van der Waals surface area (Å²) in [5, 5.41) is 11.3. The molecular weight excluding hydrogens is 348 g/mol. The number of rotatable bonds is 5. The first kappa shape index (κ1) is 16.9. The van der Waals surface area contributed by atoms with Gasteiger partial charge in [0.15, 0.2) is 0 Å². The monoisotopic (exact) mass is 368 g/mol. The van der Waals surface area contributed by atoms with E-state index in [4.69, 9.17) is 4.52 Å². The lowest BCUT2D eigenvalue weighted by Gasteiger charge is -2.07. The molecule has 2 aromatic heterocycles. The first-order valence-corrected chi connectivity index (χ1v) is 9.73. The van der Waals surface area contributed by atoms with E-state index in [-0.39, 0.29) is 5.91 Å². The SMILES string of the molecule is Cc1cc(C)n(-c2ccc(CCC(=O)Nc3onc4c3CSC4)cc2)n1. The maximum absolute atomic E-state index is 12.2. The van der Waals surface area contributed by atoms with Crippen molar-refractivity contribution in [2.45, 2.75) is 38.2 Å². The zero-order valence-electron chi connectivity index (χ0n) is 14.8. The first-order valence-electron chi connectivity index (χ1n) is 8.58. The van der Waals surface area contributed by atoms with E-state index >= 15 is 0 Å². The predicted octanol–water partition coefficient (Wildman–Crippen LogP) is 3.80. The third kappa shape index (κ3) is 3.39. The van der Waals surface area contributed by atoms with E-state index in [1.165, 1.54) is 0 Å². The Hall–Kier alpha value is -2.54. The van der Waals surface area contributed by atoms with Crippen molar-refractivity contribution in [3.63, 3.8) is 0 Å². The van der Waals surface area contributed by atoms with Gasteiger partial charge in [0, 0.05) is 23.6 Å². The zero-order chi connectivity index (χ0) is 18.1. The van der Waals surface area contributed by atoms with Crippen LogP contribution in [0.25, 0.3) is 5.69 Å². The van der Waals surface area contributed by atoms with Crippen molar-refractivity contribution in [3.05, 3.63) is 58.5 Å². The van der Waals surface area contributed by atoms with Gasteiger partial charge in [0.1, 0.15) is 0 Å². The number of hydrogen-bond acceptors (Lipinski definition) is 5. The minimum absolute atomic E-state index is 0.0523. The predicted molar refractivity (Wildman–Crippen MR) is 101 cm³/mol. The second-order valence-electron chi connectivity index (χ2n) is 6.48. The number of nitrogens with zero attached hydrogens (tertiary/aromatic N) is 3. The summed E-state index contributed by atoms with van der Waals surface area (Å²) in [6, 6.07) is 10.2. The van der Waals surface area contributed by atoms with E-state index in [0.717, 1.165) is 45.4 Å². The summed E-state index contributed by atoms with van der Waals surface area (Å²) in [5.74, 6) is 2.16. The number of benzene rings is 1. The summed E-state index contributed by atoms with van der Waals surface area (Å²) in [7, 11) is 0. The minimum atomic E-state index is -0.0523. The van der Waals surface area contributed by atoms with Crippen molar-refractivity contribution in [1.29, 1.82) is 0 Å². The number of aryl methyl sites for hydroxylation is 3. The second kappa shape index (κ2) is 6.99. The van der Waals surface area contributed by atoms with Gasteiger partial charge in [-0.2, -0.15) is 16.9 Å². The van der Waals surface area contributed by atoms with E-state index in [0.29, 0.717) is 18.7 Å². The maximum Gasteiger partial charge on any atom is 0.235 e. The normalized spacial score (nSPS) is 13.0. The highest BCUT2D eigenvalue weighted by Crippen LogP contribution is 2.34. The number of anilines is 1. The van der Waals surface area contributed by atoms with Gasteiger partial charge in [-0.15, -0.1) is 0 Å². The summed E-state index contributed by atoms with van der Waals surface area (Å²) in [6.45, 7) is 4.02. The number of aromatic nitrogens is 3. The molecule has 1 aliphatic heterocycles. The molecule has 0 unspecified atom stereocenters. The van der Waals surface area contributed by atoms with Gasteiger partial charge >= 0.3 is 0 Å². The summed E-state index contributed by atoms with van der Waals surface area (Å²) >= 11 is 1.78. The van der Waals surface area contributed by atoms with Crippen LogP contribution in [0.2, 0.25) is 0 Å². The molecule has 0 saturated heterocycles. The highest BCUT2D eigenvalue weighted by atomic mass is 32.2. The molecule has 0 spiro atoms. The number of carbonyl (C=O) groups excluding carboxylic acids is 1. The number of nitrogens with one attached hydrogen (secondary N) is 1. The molecule has 0 bridgehead atoms. The van der Waals surface area contributed by atoms with Crippen LogP contribution in [0.1, 0.15) is 34.6 Å². The molecule has 26 heavy (non-hydrogen) atoms. The van der Waals surface area contributed by atoms with Crippen LogP contribution in [0.4, 0.5) is 5.88 Å². The first-order chi connectivity index (χ1) is 12.6. The molecule has 0 radical (unpaired) electrons. The summed E-state index contributed by atoms with van der Waals surface area (Å²) < 4.78 is 7.16. The maximum atomic E-state index is 12.2. The number of hydrogen-bond donors (Lipinski definition) is 1. The van der Waals surface area contributed by atoms with E-state index in [1.807, 2.05) is 42.8 Å². The Bertz CT molecular complexity index is 943. The van der Waals surface area contributed by atoms with Crippen LogP contribution in [-0.4, -0.2) is 20.8 Å². The van der Waals surface area contributed by atoms with Crippen molar-refractivity contribution in [1.82, 2.24) is 14.9 Å². The Morgan fingerprint density at radius 1 is 1.27 bits per heavy atom. The Morgan fingerprint density at radius 3 is 2.81 bits per heavy atom. The van der Waals surface area contributed by atoms with Crippen molar-refractivity contribution < 1.29 is 9.32 Å². The molecule has 1 amide bonds. The van der Waals surface area contributed by atoms with Crippen LogP contribution in [0, 0.1) is 13.8 Å². The van der Waals surface area contributed by atoms with Gasteiger partial charge in [-0.25, -0.2) is 4.68 Å². The Balaban J connectivity index is 1.35. The topological polar surface area (TPSA) is 73.0 Å². The van der Waals surface area contributed by atoms with Crippen molar-refractivity contribution in [2.24, 2.45) is 0 Å². The summed E-state index contributed by atoms with van der Waals surface area (Å²) in [6.07, 6.45) is 1.08. The van der Waals surface area contributed by atoms with E-state index in [9.17, 15) is 4.79 Å². The molecule has 4 rings (SSSR count). The van der Waals surface area contributed by atoms with Gasteiger partial charge in [-0.05, 0) is 44.0 Å². The Morgan fingerprint density at radius 2 is 2.08 bits per heavy atom. The molecule has 0 saturated carbocycles. The van der Waals surface area contributed by atoms with Gasteiger partial charge in [0.25, 0.3) is 0 Å². The average Bonchev–Trinajstić information content (AvgIpc) is 3.31. The summed E-state index contributed by atoms with van der Waals surface area (Å²) in [4.78, 5) is 12.2. The number of thioether (sulfide) groups is 1. The second-order valence-corrected chi connectivity index (χ2v) is 7.47. The van der Waals surface area contributed by atoms with Gasteiger partial charge in [-0.3, -0.25) is 10.1 Å². The molecule has 7 heteroatoms. The zero-order valence-corrected chi connectivity index (χ0v) is 15.6. The van der Waals surface area contributed by atoms with Crippen LogP contribution in [-0.2, 0) is 22.7 Å². The van der Waals surface area contributed by atoms with E-state index in [2.05, 4.69) is 21.6 Å². The Labute approximate surface area is 156 Å². The van der Waals surface area contributed by atoms with Gasteiger partial charge in [0.05, 0.1) is 22.6 Å². The third-order valence-corrected chi connectivity index (χ3v) is 5.41. The fraction of sp³-hybridized carbons (Fsp3) is 0.316. The molecule has 1 aromatic carbocycles. The van der Waals surface area contributed by atoms with Crippen LogP contribution < -0.4 is 5.32 Å². The molecule has 1 aliphatic rings. The molecule has 0 fully saturated rings. The van der Waals surface area contributed by atoms with Crippen molar-refractivity contribution in [2.75, 3.05) is 5.32 Å². The lowest BCUT2D eigenvalue weighted by atomic mass is 10.1. The van der Waals surface area contributed by atoms with Gasteiger partial charge in [-0.1, -0.05) is 17.3 Å². The third-order valence-electron chi connectivity index (χ3n) is 4.44. The number of amides is 1. The van der Waals surface area contributed by atoms with Crippen molar-refractivity contribution >= 4 is 23.6 Å². The quantitative estimate of drug-likeness (QED) is 0.742. The lowest BCUT2D eigenvalue weighted by Crippen LogP contribution is -2.12. The van der Waals surface area contributed by atoms with Crippen LogP contribution in [0.5, 0.6) is 0 Å². The number of carbonyl (C=O) groups is 1. The summed E-state index contributed by atoms with van der Waals surface area (Å²) in [5.41, 5.74) is 6.22. The fourth-order valence-corrected chi connectivity index (χ4v) is 4.12. The van der Waals surface area contributed by atoms with Crippen LogP contribution >= 0.6 is 11.8 Å². The standard InChI is InChI=1S/C19H20N4O2S/c1-12-9-13(2)23(21-12)15-6-3-14(4-7-15)5-8-18(24)20-19-16-10-26-11-17(16)22-25-19/h3-4,6-7,9H,5,8,10-11H2,1-2H3,(H,20,24). The highest BCUT2D eigenvalue weighted by molar-refractivity contribution is 7.98. The fourth-order valence-electron chi connectivity index (χ4n) is 3.09. The smallest absolute Gasteiger partial charge is 0.235 e. The lowest BCUT2D eigenvalue weighted by molar-refractivity contribution is -0.116. The molecule has 0 aliphatic carbocycles. The molecule has 0 atom stereocenters. The average molecular weight is 368 g/mol. The highest BCUT2D eigenvalue weighted by Gasteiger charge is 2.22. The molecule has 3 aromatic rings. The molecule has 1 N–H and O–H groups in total. The van der Waals surface area contributed by atoms with Gasteiger partial charge in [0.2, 0.25) is 11.8 Å².